The van der Waals surface area contributed by atoms with Crippen molar-refractivity contribution < 1.29 is 9.59 Å². The lowest BCUT2D eigenvalue weighted by Gasteiger charge is -2.12. The van der Waals surface area contributed by atoms with Gasteiger partial charge in [-0.2, -0.15) is 0 Å². The fourth-order valence-electron chi connectivity index (χ4n) is 3.12. The lowest BCUT2D eigenvalue weighted by Crippen LogP contribution is -2.16. The molecule has 3 atom stereocenters. The van der Waals surface area contributed by atoms with Gasteiger partial charge in [0.1, 0.15) is 0 Å². The van der Waals surface area contributed by atoms with Gasteiger partial charge in [-0.3, -0.25) is 9.59 Å². The van der Waals surface area contributed by atoms with Gasteiger partial charge in [0.05, 0.1) is 0 Å². The van der Waals surface area contributed by atoms with Crippen LogP contribution in [0, 0.1) is 11.8 Å². The number of hydrogen-bond donors (Lipinski definition) is 0. The summed E-state index contributed by atoms with van der Waals surface area (Å²) in [7, 11) is 0. The summed E-state index contributed by atoms with van der Waals surface area (Å²) < 4.78 is 0. The minimum Gasteiger partial charge on any atom is -0.298 e. The third-order valence-corrected chi connectivity index (χ3v) is 4.80. The molecule has 22 heavy (non-hydrogen) atoms. The highest BCUT2D eigenvalue weighted by molar-refractivity contribution is 6.30. The van der Waals surface area contributed by atoms with Crippen LogP contribution in [-0.2, 0) is 0 Å². The molecule has 0 amide bonds. The number of hydrogen-bond acceptors (Lipinski definition) is 2. The van der Waals surface area contributed by atoms with Gasteiger partial charge in [0.2, 0.25) is 0 Å². The molecule has 2 aromatic rings. The number of carbonyl (C=O) groups excluding carboxylic acids is 2. The highest BCUT2D eigenvalue weighted by Gasteiger charge is 2.44. The molecule has 3 rings (SSSR count). The first-order chi connectivity index (χ1) is 10.6. The van der Waals surface area contributed by atoms with Crippen LogP contribution in [0.15, 0.2) is 48.5 Å². The van der Waals surface area contributed by atoms with E-state index in [2.05, 4.69) is 0 Å². The molecule has 0 aromatic heterocycles. The first kappa shape index (κ1) is 15.0. The Balaban J connectivity index is 1.75. The highest BCUT2D eigenvalue weighted by atomic mass is 35.5. The molecular weight excluding hydrogens is 296 g/mol. The van der Waals surface area contributed by atoms with Crippen LogP contribution in [0.2, 0.25) is 5.02 Å². The molecule has 0 aliphatic heterocycles. The van der Waals surface area contributed by atoms with E-state index in [1.165, 1.54) is 5.56 Å². The highest BCUT2D eigenvalue weighted by Crippen LogP contribution is 2.52. The van der Waals surface area contributed by atoms with E-state index < -0.39 is 0 Å². The molecule has 1 unspecified atom stereocenters. The van der Waals surface area contributed by atoms with Gasteiger partial charge in [0.15, 0.2) is 12.1 Å². The summed E-state index contributed by atoms with van der Waals surface area (Å²) in [5.74, 6) is 0.735. The van der Waals surface area contributed by atoms with Crippen molar-refractivity contribution in [3.63, 3.8) is 0 Å². The Kier molecular flexibility index (Phi) is 4.12. The Labute approximate surface area is 135 Å². The standard InChI is InChI=1S/C19H17ClO2/c1-12(19(22)16-5-3-2-4-14(16)11-21)17-10-18(17)13-6-8-15(20)9-7-13/h2-9,11-12,17-18H,10H2,1H3/t12-,17?,18+/m0/s1. The number of Topliss-reactive ketones (excluding diaryl/α,β-unsaturated/α-hetero) is 1. The molecule has 0 saturated heterocycles. The third kappa shape index (κ3) is 2.84. The van der Waals surface area contributed by atoms with Crippen molar-refractivity contribution in [2.24, 2.45) is 11.8 Å². The predicted octanol–water partition coefficient (Wildman–Crippen LogP) is 4.78. The zero-order valence-electron chi connectivity index (χ0n) is 12.3. The van der Waals surface area contributed by atoms with Gasteiger partial charge in [-0.15, -0.1) is 0 Å². The van der Waals surface area contributed by atoms with Gasteiger partial charge in [0.25, 0.3) is 0 Å². The molecule has 0 spiro atoms. The van der Waals surface area contributed by atoms with E-state index in [4.69, 9.17) is 11.6 Å². The van der Waals surface area contributed by atoms with Crippen molar-refractivity contribution in [2.45, 2.75) is 19.3 Å². The molecule has 1 saturated carbocycles. The first-order valence-corrected chi connectivity index (χ1v) is 7.83. The van der Waals surface area contributed by atoms with Crippen LogP contribution in [0.3, 0.4) is 0 Å². The SMILES string of the molecule is C[C@H](C(=O)c1ccccc1C=O)C1C[C@@H]1c1ccc(Cl)cc1. The summed E-state index contributed by atoms with van der Waals surface area (Å²) in [6, 6.07) is 14.8. The second kappa shape index (κ2) is 6.05. The largest absolute Gasteiger partial charge is 0.298 e. The minimum atomic E-state index is -0.0817. The topological polar surface area (TPSA) is 34.1 Å². The maximum atomic E-state index is 12.7. The number of ketones is 1. The van der Waals surface area contributed by atoms with E-state index in [-0.39, 0.29) is 11.7 Å². The molecule has 0 radical (unpaired) electrons. The molecule has 1 aliphatic rings. The Morgan fingerprint density at radius 1 is 1.18 bits per heavy atom. The normalized spacial score (nSPS) is 21.2. The molecule has 0 N–H and O–H groups in total. The zero-order chi connectivity index (χ0) is 15.7. The van der Waals surface area contributed by atoms with Crippen LogP contribution >= 0.6 is 11.6 Å². The van der Waals surface area contributed by atoms with Crippen LogP contribution in [0.1, 0.15) is 45.5 Å². The summed E-state index contributed by atoms with van der Waals surface area (Å²) in [5, 5.41) is 0.727. The Morgan fingerprint density at radius 3 is 2.55 bits per heavy atom. The van der Waals surface area contributed by atoms with Crippen LogP contribution in [0.4, 0.5) is 0 Å². The van der Waals surface area contributed by atoms with E-state index in [0.717, 1.165) is 17.7 Å². The van der Waals surface area contributed by atoms with Crippen LogP contribution < -0.4 is 0 Å². The quantitative estimate of drug-likeness (QED) is 0.588. The molecule has 2 aromatic carbocycles. The van der Waals surface area contributed by atoms with Crippen molar-refractivity contribution in [2.75, 3.05) is 0 Å². The maximum Gasteiger partial charge on any atom is 0.166 e. The van der Waals surface area contributed by atoms with Crippen molar-refractivity contribution in [3.8, 4) is 0 Å². The molecule has 1 fully saturated rings. The van der Waals surface area contributed by atoms with Gasteiger partial charge in [-0.05, 0) is 36.0 Å². The van der Waals surface area contributed by atoms with Crippen molar-refractivity contribution in [3.05, 3.63) is 70.2 Å². The van der Waals surface area contributed by atoms with Gasteiger partial charge < -0.3 is 0 Å². The van der Waals surface area contributed by atoms with Crippen molar-refractivity contribution in [1.82, 2.24) is 0 Å². The number of rotatable bonds is 5. The van der Waals surface area contributed by atoms with Crippen LogP contribution in [-0.4, -0.2) is 12.1 Å². The fourth-order valence-corrected chi connectivity index (χ4v) is 3.25. The average molecular weight is 313 g/mol. The summed E-state index contributed by atoms with van der Waals surface area (Å²) in [4.78, 5) is 23.7. The predicted molar refractivity (Wildman–Crippen MR) is 87.6 cm³/mol. The van der Waals surface area contributed by atoms with E-state index in [1.54, 1.807) is 24.3 Å². The smallest absolute Gasteiger partial charge is 0.166 e. The summed E-state index contributed by atoms with van der Waals surface area (Å²) in [6.45, 7) is 1.96. The zero-order valence-corrected chi connectivity index (χ0v) is 13.1. The molecular formula is C19H17ClO2. The van der Waals surface area contributed by atoms with Crippen molar-refractivity contribution >= 4 is 23.7 Å². The molecule has 0 bridgehead atoms. The molecule has 112 valence electrons. The molecule has 1 aliphatic carbocycles. The number of halogens is 1. The Hall–Kier alpha value is -1.93. The van der Waals surface area contributed by atoms with Gasteiger partial charge in [-0.25, -0.2) is 0 Å². The van der Waals surface area contributed by atoms with Crippen LogP contribution in [0.5, 0.6) is 0 Å². The lowest BCUT2D eigenvalue weighted by molar-refractivity contribution is 0.0910. The van der Waals surface area contributed by atoms with Gasteiger partial charge in [0, 0.05) is 22.1 Å². The first-order valence-electron chi connectivity index (χ1n) is 7.45. The van der Waals surface area contributed by atoms with E-state index in [9.17, 15) is 9.59 Å². The maximum absolute atomic E-state index is 12.7. The van der Waals surface area contributed by atoms with Crippen LogP contribution in [0.25, 0.3) is 0 Å². The fraction of sp³-hybridized carbons (Fsp3) is 0.263. The Bertz CT molecular complexity index is 706. The number of aldehydes is 1. The van der Waals surface area contributed by atoms with Gasteiger partial charge in [-0.1, -0.05) is 54.9 Å². The van der Waals surface area contributed by atoms with Crippen molar-refractivity contribution in [1.29, 1.82) is 0 Å². The second-order valence-electron chi connectivity index (χ2n) is 5.92. The molecule has 0 heterocycles. The third-order valence-electron chi connectivity index (χ3n) is 4.55. The monoisotopic (exact) mass is 312 g/mol. The second-order valence-corrected chi connectivity index (χ2v) is 6.35. The summed E-state index contributed by atoms with van der Waals surface area (Å²) >= 11 is 5.91. The van der Waals surface area contributed by atoms with Gasteiger partial charge >= 0.3 is 0 Å². The van der Waals surface area contributed by atoms with E-state index in [1.807, 2.05) is 31.2 Å². The molecule has 2 nitrogen and oxygen atoms in total. The number of carbonyl (C=O) groups is 2. The Morgan fingerprint density at radius 2 is 1.86 bits per heavy atom. The summed E-state index contributed by atoms with van der Waals surface area (Å²) in [5.41, 5.74) is 2.24. The minimum absolute atomic E-state index is 0.0594. The lowest BCUT2D eigenvalue weighted by atomic mass is 9.90. The van der Waals surface area contributed by atoms with E-state index >= 15 is 0 Å². The molecule has 3 heteroatoms. The van der Waals surface area contributed by atoms with E-state index in [0.29, 0.717) is 23.0 Å². The average Bonchev–Trinajstić information content (AvgIpc) is 3.34. The summed E-state index contributed by atoms with van der Waals surface area (Å²) in [6.07, 6.45) is 1.77. The number of benzene rings is 2.